The summed E-state index contributed by atoms with van der Waals surface area (Å²) in [6, 6.07) is 11.5. The highest BCUT2D eigenvalue weighted by atomic mass is 32.1. The molecule has 0 bridgehead atoms. The molecular formula is C19H19FN2O3S. The van der Waals surface area contributed by atoms with Crippen LogP contribution in [0.1, 0.15) is 11.7 Å². The quantitative estimate of drug-likeness (QED) is 0.652. The minimum absolute atomic E-state index is 0.279. The van der Waals surface area contributed by atoms with Crippen LogP contribution in [0.3, 0.4) is 0 Å². The van der Waals surface area contributed by atoms with E-state index in [-0.39, 0.29) is 12.4 Å². The van der Waals surface area contributed by atoms with Gasteiger partial charge in [-0.05, 0) is 42.0 Å². The number of hydrogen-bond acceptors (Lipinski definition) is 6. The van der Waals surface area contributed by atoms with Crippen molar-refractivity contribution in [3.8, 4) is 22.8 Å². The smallest absolute Gasteiger partial charge is 0.183 e. The first-order valence-electron chi connectivity index (χ1n) is 7.95. The lowest BCUT2D eigenvalue weighted by Crippen LogP contribution is -2.12. The molecule has 0 aliphatic carbocycles. The van der Waals surface area contributed by atoms with Gasteiger partial charge in [-0.2, -0.15) is 0 Å². The largest absolute Gasteiger partial charge is 0.497 e. The Morgan fingerprint density at radius 3 is 2.38 bits per heavy atom. The van der Waals surface area contributed by atoms with Gasteiger partial charge < -0.3 is 19.9 Å². The molecule has 1 heterocycles. The summed E-state index contributed by atoms with van der Waals surface area (Å²) in [4.78, 5) is 4.47. The summed E-state index contributed by atoms with van der Waals surface area (Å²) < 4.78 is 23.5. The van der Waals surface area contributed by atoms with E-state index in [9.17, 15) is 9.50 Å². The van der Waals surface area contributed by atoms with Crippen LogP contribution in [0.25, 0.3) is 11.3 Å². The van der Waals surface area contributed by atoms with Crippen LogP contribution >= 0.6 is 11.3 Å². The van der Waals surface area contributed by atoms with Crippen molar-refractivity contribution in [2.24, 2.45) is 0 Å². The van der Waals surface area contributed by atoms with Crippen LogP contribution in [0.5, 0.6) is 11.5 Å². The second-order valence-electron chi connectivity index (χ2n) is 5.59. The molecule has 0 saturated carbocycles. The number of nitrogens with one attached hydrogen (secondary N) is 1. The van der Waals surface area contributed by atoms with E-state index in [2.05, 4.69) is 10.3 Å². The van der Waals surface area contributed by atoms with E-state index in [4.69, 9.17) is 9.47 Å². The van der Waals surface area contributed by atoms with Gasteiger partial charge in [0.05, 0.1) is 26.0 Å². The third-order valence-corrected chi connectivity index (χ3v) is 4.65. The zero-order valence-electron chi connectivity index (χ0n) is 14.4. The van der Waals surface area contributed by atoms with Crippen LogP contribution in [0.4, 0.5) is 9.52 Å². The second kappa shape index (κ2) is 8.16. The van der Waals surface area contributed by atoms with Crippen LogP contribution in [0, 0.1) is 5.82 Å². The molecule has 0 aliphatic rings. The fourth-order valence-electron chi connectivity index (χ4n) is 2.43. The number of anilines is 1. The van der Waals surface area contributed by atoms with Crippen molar-refractivity contribution in [1.82, 2.24) is 4.98 Å². The molecule has 2 aromatic carbocycles. The first-order chi connectivity index (χ1) is 12.6. The Labute approximate surface area is 155 Å². The van der Waals surface area contributed by atoms with Crippen LogP contribution in [-0.2, 0) is 0 Å². The number of aliphatic hydroxyl groups excluding tert-OH is 1. The van der Waals surface area contributed by atoms with E-state index >= 15 is 0 Å². The number of ether oxygens (including phenoxy) is 2. The van der Waals surface area contributed by atoms with E-state index in [1.807, 2.05) is 5.38 Å². The molecule has 1 atom stereocenters. The van der Waals surface area contributed by atoms with Crippen LogP contribution in [0.15, 0.2) is 47.8 Å². The van der Waals surface area contributed by atoms with Gasteiger partial charge in [-0.1, -0.05) is 0 Å². The maximum Gasteiger partial charge on any atom is 0.183 e. The van der Waals surface area contributed by atoms with E-state index < -0.39 is 6.10 Å². The Hall–Kier alpha value is -2.64. The van der Waals surface area contributed by atoms with Crippen molar-refractivity contribution in [3.05, 3.63) is 59.2 Å². The average molecular weight is 374 g/mol. The Morgan fingerprint density at radius 1 is 1.12 bits per heavy atom. The SMILES string of the molecule is COc1cc(OC)cc(C(O)CNc2nc(-c3ccc(F)cc3)cs2)c1. The highest BCUT2D eigenvalue weighted by molar-refractivity contribution is 7.14. The normalized spacial score (nSPS) is 11.8. The van der Waals surface area contributed by atoms with E-state index in [0.717, 1.165) is 11.3 Å². The molecule has 0 aliphatic heterocycles. The first-order valence-corrected chi connectivity index (χ1v) is 8.83. The second-order valence-corrected chi connectivity index (χ2v) is 6.45. The van der Waals surface area contributed by atoms with E-state index in [0.29, 0.717) is 22.2 Å². The standard InChI is InChI=1S/C19H19FN2O3S/c1-24-15-7-13(8-16(9-15)25-2)18(23)10-21-19-22-17(11-26-19)12-3-5-14(20)6-4-12/h3-9,11,18,23H,10H2,1-2H3,(H,21,22). The van der Waals surface area contributed by atoms with Crippen molar-refractivity contribution in [3.63, 3.8) is 0 Å². The molecule has 0 amide bonds. The van der Waals surface area contributed by atoms with E-state index in [1.165, 1.54) is 23.5 Å². The molecule has 0 saturated heterocycles. The van der Waals surface area contributed by atoms with E-state index in [1.54, 1.807) is 44.6 Å². The summed E-state index contributed by atoms with van der Waals surface area (Å²) in [5.41, 5.74) is 2.29. The van der Waals surface area contributed by atoms with Gasteiger partial charge in [0.2, 0.25) is 0 Å². The highest BCUT2D eigenvalue weighted by Gasteiger charge is 2.12. The summed E-state index contributed by atoms with van der Waals surface area (Å²) >= 11 is 1.42. The summed E-state index contributed by atoms with van der Waals surface area (Å²) in [5.74, 6) is 0.955. The van der Waals surface area contributed by atoms with Gasteiger partial charge in [-0.25, -0.2) is 9.37 Å². The predicted octanol–water partition coefficient (Wildman–Crippen LogP) is 4.11. The number of aromatic nitrogens is 1. The van der Waals surface area contributed by atoms with Crippen LogP contribution in [0.2, 0.25) is 0 Å². The molecule has 2 N–H and O–H groups in total. The molecule has 7 heteroatoms. The summed E-state index contributed by atoms with van der Waals surface area (Å²) in [6.45, 7) is 0.284. The molecule has 3 rings (SSSR count). The number of thiazole rings is 1. The minimum Gasteiger partial charge on any atom is -0.497 e. The number of hydrogen-bond donors (Lipinski definition) is 2. The van der Waals surface area contributed by atoms with Gasteiger partial charge in [-0.3, -0.25) is 0 Å². The Balaban J connectivity index is 1.66. The van der Waals surface area contributed by atoms with Gasteiger partial charge in [0.15, 0.2) is 5.13 Å². The fourth-order valence-corrected chi connectivity index (χ4v) is 3.16. The summed E-state index contributed by atoms with van der Waals surface area (Å²) in [6.07, 6.45) is -0.753. The molecule has 5 nitrogen and oxygen atoms in total. The van der Waals surface area contributed by atoms with Crippen molar-refractivity contribution < 1.29 is 19.0 Å². The molecule has 3 aromatic rings. The molecule has 0 fully saturated rings. The van der Waals surface area contributed by atoms with Gasteiger partial charge in [0.25, 0.3) is 0 Å². The number of benzene rings is 2. The van der Waals surface area contributed by atoms with Crippen molar-refractivity contribution >= 4 is 16.5 Å². The average Bonchev–Trinajstić information content (AvgIpc) is 3.15. The van der Waals surface area contributed by atoms with Gasteiger partial charge >= 0.3 is 0 Å². The maximum absolute atomic E-state index is 13.0. The van der Waals surface area contributed by atoms with Crippen molar-refractivity contribution in [2.75, 3.05) is 26.1 Å². The van der Waals surface area contributed by atoms with Crippen LogP contribution < -0.4 is 14.8 Å². The minimum atomic E-state index is -0.753. The topological polar surface area (TPSA) is 63.6 Å². The van der Waals surface area contributed by atoms with Gasteiger partial charge in [0.1, 0.15) is 17.3 Å². The zero-order valence-corrected chi connectivity index (χ0v) is 15.2. The lowest BCUT2D eigenvalue weighted by atomic mass is 10.1. The molecule has 26 heavy (non-hydrogen) atoms. The number of aliphatic hydroxyl groups is 1. The van der Waals surface area contributed by atoms with Crippen LogP contribution in [-0.4, -0.2) is 30.9 Å². The molecule has 0 radical (unpaired) electrons. The number of nitrogens with zero attached hydrogens (tertiary/aromatic N) is 1. The number of halogens is 1. The Morgan fingerprint density at radius 2 is 1.77 bits per heavy atom. The highest BCUT2D eigenvalue weighted by Crippen LogP contribution is 2.28. The predicted molar refractivity (Wildman–Crippen MR) is 101 cm³/mol. The summed E-state index contributed by atoms with van der Waals surface area (Å²) in [7, 11) is 3.13. The number of rotatable bonds is 7. The molecule has 0 spiro atoms. The molecule has 1 aromatic heterocycles. The first kappa shape index (κ1) is 18.2. The van der Waals surface area contributed by atoms with Gasteiger partial charge in [-0.15, -0.1) is 11.3 Å². The number of methoxy groups -OCH3 is 2. The third-order valence-electron chi connectivity index (χ3n) is 3.85. The maximum atomic E-state index is 13.0. The van der Waals surface area contributed by atoms with Crippen molar-refractivity contribution in [1.29, 1.82) is 0 Å². The van der Waals surface area contributed by atoms with Crippen molar-refractivity contribution in [2.45, 2.75) is 6.10 Å². The molecule has 1 unspecified atom stereocenters. The zero-order chi connectivity index (χ0) is 18.5. The third kappa shape index (κ3) is 4.30. The van der Waals surface area contributed by atoms with Gasteiger partial charge in [0, 0.05) is 23.6 Å². The Kier molecular flexibility index (Phi) is 5.70. The Bertz CT molecular complexity index is 845. The molecule has 136 valence electrons. The monoisotopic (exact) mass is 374 g/mol. The fraction of sp³-hybridized carbons (Fsp3) is 0.211. The lowest BCUT2D eigenvalue weighted by Gasteiger charge is -2.14. The summed E-state index contributed by atoms with van der Waals surface area (Å²) in [5, 5.41) is 16.1. The lowest BCUT2D eigenvalue weighted by molar-refractivity contribution is 0.190. The molecular weight excluding hydrogens is 355 g/mol.